The minimum Gasteiger partial charge on any atom is -0.299 e. The summed E-state index contributed by atoms with van der Waals surface area (Å²) in [4.78, 5) is 26.6. The Kier molecular flexibility index (Phi) is 2.51. The molecular weight excluding hydrogens is 272 g/mol. The molecule has 0 N–H and O–H groups in total. The van der Waals surface area contributed by atoms with Gasteiger partial charge in [-0.15, -0.1) is 0 Å². The van der Waals surface area contributed by atoms with Gasteiger partial charge in [-0.25, -0.2) is 0 Å². The zero-order valence-corrected chi connectivity index (χ0v) is 15.0. The van der Waals surface area contributed by atoms with Gasteiger partial charge >= 0.3 is 0 Å². The van der Waals surface area contributed by atoms with E-state index in [2.05, 4.69) is 41.5 Å². The number of hydrogen-bond donors (Lipinski definition) is 0. The molecule has 0 unspecified atom stereocenters. The monoisotopic (exact) mass is 302 g/mol. The van der Waals surface area contributed by atoms with Crippen LogP contribution in [0.5, 0.6) is 0 Å². The highest BCUT2D eigenvalue weighted by Gasteiger charge is 2.74. The maximum Gasteiger partial charge on any atom is 0.143 e. The van der Waals surface area contributed by atoms with E-state index >= 15 is 0 Å². The Morgan fingerprint density at radius 2 is 1.00 bits per heavy atom. The zero-order chi connectivity index (χ0) is 16.3. The molecule has 0 saturated heterocycles. The van der Waals surface area contributed by atoms with Crippen LogP contribution in [0.2, 0.25) is 0 Å². The van der Waals surface area contributed by atoms with E-state index < -0.39 is 0 Å². The molecule has 0 aromatic heterocycles. The van der Waals surface area contributed by atoms with Crippen LogP contribution in [0.4, 0.5) is 0 Å². The Balaban J connectivity index is 1.80. The SMILES string of the molecule is CC1(C)[C@@H]2CC[C@]1(C)C(=O)[C@H]2[C@@H]1C(=O)[C@@]2(C)CC[C@@H]1C2(C)C. The molecule has 4 fully saturated rings. The van der Waals surface area contributed by atoms with Gasteiger partial charge in [-0.05, 0) is 48.3 Å². The number of carbonyl (C=O) groups is 2. The molecular formula is C20H30O2. The summed E-state index contributed by atoms with van der Waals surface area (Å²) in [5.74, 6) is 1.67. The van der Waals surface area contributed by atoms with Crippen LogP contribution in [0.1, 0.15) is 67.2 Å². The van der Waals surface area contributed by atoms with Gasteiger partial charge in [0.2, 0.25) is 0 Å². The molecule has 0 amide bonds. The first-order valence-electron chi connectivity index (χ1n) is 9.09. The molecule has 0 aliphatic heterocycles. The molecule has 22 heavy (non-hydrogen) atoms. The van der Waals surface area contributed by atoms with Crippen LogP contribution in [0, 0.1) is 45.3 Å². The van der Waals surface area contributed by atoms with Crippen molar-refractivity contribution in [2.45, 2.75) is 67.2 Å². The minimum atomic E-state index is -0.199. The molecule has 2 nitrogen and oxygen atoms in total. The van der Waals surface area contributed by atoms with Crippen molar-refractivity contribution < 1.29 is 9.59 Å². The van der Waals surface area contributed by atoms with Crippen LogP contribution in [-0.4, -0.2) is 11.6 Å². The first-order valence-corrected chi connectivity index (χ1v) is 9.09. The normalized spacial score (nSPS) is 54.5. The molecule has 4 aliphatic carbocycles. The molecule has 6 atom stereocenters. The van der Waals surface area contributed by atoms with Gasteiger partial charge in [0, 0.05) is 22.7 Å². The van der Waals surface area contributed by atoms with Crippen LogP contribution in [-0.2, 0) is 9.59 Å². The summed E-state index contributed by atoms with van der Waals surface area (Å²) < 4.78 is 0. The Hall–Kier alpha value is -0.660. The highest BCUT2D eigenvalue weighted by atomic mass is 16.1. The van der Waals surface area contributed by atoms with E-state index in [-0.39, 0.29) is 33.5 Å². The highest BCUT2D eigenvalue weighted by molar-refractivity contribution is 6.00. The molecule has 0 heterocycles. The molecule has 0 aromatic rings. The summed E-state index contributed by atoms with van der Waals surface area (Å²) in [5.41, 5.74) is -0.283. The van der Waals surface area contributed by atoms with Gasteiger partial charge < -0.3 is 0 Å². The lowest BCUT2D eigenvalue weighted by molar-refractivity contribution is -0.141. The third kappa shape index (κ3) is 1.21. The third-order valence-electron chi connectivity index (χ3n) is 9.56. The fraction of sp³-hybridized carbons (Fsp3) is 0.900. The maximum atomic E-state index is 13.3. The number of hydrogen-bond acceptors (Lipinski definition) is 2. The number of carbonyl (C=O) groups excluding carboxylic acids is 2. The minimum absolute atomic E-state index is 0.00708. The quantitative estimate of drug-likeness (QED) is 0.725. The van der Waals surface area contributed by atoms with Crippen LogP contribution in [0.15, 0.2) is 0 Å². The van der Waals surface area contributed by atoms with Gasteiger partial charge in [-0.1, -0.05) is 41.5 Å². The zero-order valence-electron chi connectivity index (χ0n) is 15.0. The second-order valence-corrected chi connectivity index (χ2v) is 10.2. The molecule has 122 valence electrons. The van der Waals surface area contributed by atoms with Crippen LogP contribution < -0.4 is 0 Å². The predicted molar refractivity (Wildman–Crippen MR) is 86.2 cm³/mol. The summed E-state index contributed by atoms with van der Waals surface area (Å²) in [6, 6.07) is 0. The molecule has 2 heteroatoms. The Morgan fingerprint density at radius 3 is 1.23 bits per heavy atom. The van der Waals surface area contributed by atoms with E-state index in [0.717, 1.165) is 25.7 Å². The summed E-state index contributed by atoms with van der Waals surface area (Å²) >= 11 is 0. The molecule has 0 radical (unpaired) electrons. The van der Waals surface area contributed by atoms with Crippen LogP contribution >= 0.6 is 0 Å². The van der Waals surface area contributed by atoms with Crippen molar-refractivity contribution in [3.63, 3.8) is 0 Å². The lowest BCUT2D eigenvalue weighted by Crippen LogP contribution is -2.41. The van der Waals surface area contributed by atoms with Crippen LogP contribution in [0.3, 0.4) is 0 Å². The van der Waals surface area contributed by atoms with Crippen molar-refractivity contribution in [2.24, 2.45) is 45.3 Å². The Morgan fingerprint density at radius 1 is 0.682 bits per heavy atom. The predicted octanol–water partition coefficient (Wildman–Crippen LogP) is 4.27. The highest BCUT2D eigenvalue weighted by Crippen LogP contribution is 2.73. The molecule has 4 saturated carbocycles. The molecule has 0 aromatic carbocycles. The maximum absolute atomic E-state index is 13.3. The van der Waals surface area contributed by atoms with E-state index in [4.69, 9.17) is 0 Å². The summed E-state index contributed by atoms with van der Waals surface area (Å²) in [5, 5.41) is 0. The van der Waals surface area contributed by atoms with E-state index in [1.807, 2.05) is 0 Å². The summed E-state index contributed by atoms with van der Waals surface area (Å²) in [7, 11) is 0. The van der Waals surface area contributed by atoms with Gasteiger partial charge in [0.05, 0.1) is 0 Å². The van der Waals surface area contributed by atoms with Crippen molar-refractivity contribution >= 4 is 11.6 Å². The van der Waals surface area contributed by atoms with Crippen molar-refractivity contribution in [1.29, 1.82) is 0 Å². The third-order valence-corrected chi connectivity index (χ3v) is 9.56. The molecule has 4 bridgehead atoms. The average molecular weight is 302 g/mol. The van der Waals surface area contributed by atoms with Crippen molar-refractivity contribution in [3.8, 4) is 0 Å². The van der Waals surface area contributed by atoms with E-state index in [9.17, 15) is 9.59 Å². The molecule has 4 rings (SSSR count). The van der Waals surface area contributed by atoms with E-state index in [1.165, 1.54) is 0 Å². The average Bonchev–Trinajstić information content (AvgIpc) is 2.90. The van der Waals surface area contributed by atoms with Gasteiger partial charge in [-0.2, -0.15) is 0 Å². The van der Waals surface area contributed by atoms with E-state index in [0.29, 0.717) is 23.4 Å². The second kappa shape index (κ2) is 3.70. The number of Topliss-reactive ketones (excluding diaryl/α,β-unsaturated/α-hetero) is 2. The summed E-state index contributed by atoms with van der Waals surface area (Å²) in [6.07, 6.45) is 4.31. The standard InChI is InChI=1S/C20H30O2/c1-17(2)11-7-9-19(17,5)15(21)13(11)14-12-8-10-20(6,16(14)22)18(12,3)4/h11-14H,7-10H2,1-6H3/t11-,12+,13-,14-,19-,20-/m1/s1. The molecule has 4 aliphatic rings. The number of fused-ring (bicyclic) bond motifs is 4. The van der Waals surface area contributed by atoms with Gasteiger partial charge in [0.25, 0.3) is 0 Å². The lowest BCUT2D eigenvalue weighted by Gasteiger charge is -2.34. The first-order chi connectivity index (χ1) is 10.00. The number of ketones is 2. The first kappa shape index (κ1) is 14.9. The van der Waals surface area contributed by atoms with Crippen molar-refractivity contribution in [1.82, 2.24) is 0 Å². The smallest absolute Gasteiger partial charge is 0.143 e. The lowest BCUT2D eigenvalue weighted by atomic mass is 9.67. The Bertz CT molecular complexity index is 535. The summed E-state index contributed by atoms with van der Waals surface area (Å²) in [6.45, 7) is 13.4. The largest absolute Gasteiger partial charge is 0.299 e. The topological polar surface area (TPSA) is 34.1 Å². The van der Waals surface area contributed by atoms with E-state index in [1.54, 1.807) is 0 Å². The number of rotatable bonds is 1. The fourth-order valence-electron chi connectivity index (χ4n) is 7.14. The Labute approximate surface area is 134 Å². The van der Waals surface area contributed by atoms with Crippen molar-refractivity contribution in [2.75, 3.05) is 0 Å². The second-order valence-electron chi connectivity index (χ2n) is 10.2. The molecule has 0 spiro atoms. The van der Waals surface area contributed by atoms with Crippen LogP contribution in [0.25, 0.3) is 0 Å². The van der Waals surface area contributed by atoms with Gasteiger partial charge in [-0.3, -0.25) is 9.59 Å². The fourth-order valence-corrected chi connectivity index (χ4v) is 7.14. The van der Waals surface area contributed by atoms with Gasteiger partial charge in [0.15, 0.2) is 0 Å². The van der Waals surface area contributed by atoms with Gasteiger partial charge in [0.1, 0.15) is 11.6 Å². The van der Waals surface area contributed by atoms with Crippen molar-refractivity contribution in [3.05, 3.63) is 0 Å².